The topological polar surface area (TPSA) is 70.2 Å². The molecule has 1 aromatic carbocycles. The first-order chi connectivity index (χ1) is 11.5. The van der Waals surface area contributed by atoms with Gasteiger partial charge < -0.3 is 4.98 Å². The molecular formula is C18H16N2O3S. The minimum absolute atomic E-state index is 0.150. The number of H-pyrrole nitrogens is 1. The minimum atomic E-state index is -3.92. The molecule has 1 N–H and O–H groups in total. The van der Waals surface area contributed by atoms with Gasteiger partial charge in [0.1, 0.15) is 4.90 Å². The lowest BCUT2D eigenvalue weighted by atomic mass is 10.1. The number of hydrogen-bond donors (Lipinski definition) is 1. The van der Waals surface area contributed by atoms with Gasteiger partial charge >= 0.3 is 0 Å². The first-order valence-corrected chi connectivity index (χ1v) is 9.14. The number of nitrogens with zero attached hydrogens (tertiary/aromatic N) is 1. The average molecular weight is 340 g/mol. The van der Waals surface area contributed by atoms with E-state index in [0.29, 0.717) is 29.8 Å². The highest BCUT2D eigenvalue weighted by molar-refractivity contribution is 7.93. The third-order valence-electron chi connectivity index (χ3n) is 4.42. The highest BCUT2D eigenvalue weighted by Crippen LogP contribution is 2.35. The highest BCUT2D eigenvalue weighted by atomic mass is 32.2. The lowest BCUT2D eigenvalue weighted by Crippen LogP contribution is -2.33. The van der Waals surface area contributed by atoms with E-state index in [1.165, 1.54) is 10.4 Å². The summed E-state index contributed by atoms with van der Waals surface area (Å²) in [6.07, 6.45) is 3.97. The third-order valence-corrected chi connectivity index (χ3v) is 6.32. The largest absolute Gasteiger partial charge is 0.367 e. The van der Waals surface area contributed by atoms with E-state index in [0.717, 1.165) is 11.1 Å². The Kier molecular flexibility index (Phi) is 3.25. The molecule has 2 aliphatic heterocycles. The van der Waals surface area contributed by atoms with E-state index in [1.807, 2.05) is 25.1 Å². The number of anilines is 1. The summed E-state index contributed by atoms with van der Waals surface area (Å²) >= 11 is 0. The summed E-state index contributed by atoms with van der Waals surface area (Å²) in [6.45, 7) is 2.28. The monoisotopic (exact) mass is 340 g/mol. The fraction of sp³-hybridized carbons (Fsp3) is 0.167. The third kappa shape index (κ3) is 2.14. The Hall–Kier alpha value is -2.60. The second-order valence-corrected chi connectivity index (χ2v) is 7.80. The average Bonchev–Trinajstić information content (AvgIpc) is 2.98. The molecule has 24 heavy (non-hydrogen) atoms. The number of rotatable bonds is 2. The number of pyridine rings is 1. The van der Waals surface area contributed by atoms with E-state index in [2.05, 4.69) is 4.98 Å². The molecule has 0 bridgehead atoms. The van der Waals surface area contributed by atoms with Crippen LogP contribution >= 0.6 is 0 Å². The van der Waals surface area contributed by atoms with E-state index in [9.17, 15) is 13.2 Å². The zero-order valence-electron chi connectivity index (χ0n) is 13.1. The first kappa shape index (κ1) is 15.0. The molecule has 0 aromatic heterocycles. The Balaban J connectivity index is 1.95. The number of benzene rings is 2. The summed E-state index contributed by atoms with van der Waals surface area (Å²) in [5, 5.41) is 0. The maximum atomic E-state index is 13.3. The van der Waals surface area contributed by atoms with Crippen molar-refractivity contribution in [2.24, 2.45) is 0 Å². The molecule has 0 unspecified atom stereocenters. The van der Waals surface area contributed by atoms with Gasteiger partial charge in [0.05, 0.1) is 5.69 Å². The zero-order chi connectivity index (χ0) is 16.9. The Bertz CT molecular complexity index is 1070. The van der Waals surface area contributed by atoms with Crippen molar-refractivity contribution in [2.75, 3.05) is 10.8 Å². The Morgan fingerprint density at radius 2 is 1.96 bits per heavy atom. The zero-order valence-corrected chi connectivity index (χ0v) is 13.9. The van der Waals surface area contributed by atoms with Gasteiger partial charge in [0.25, 0.3) is 10.0 Å². The van der Waals surface area contributed by atoms with Crippen molar-refractivity contribution >= 4 is 15.7 Å². The van der Waals surface area contributed by atoms with Crippen LogP contribution in [0.4, 0.5) is 5.69 Å². The van der Waals surface area contributed by atoms with Crippen LogP contribution in [-0.4, -0.2) is 19.9 Å². The molecule has 1 aliphatic carbocycles. The van der Waals surface area contributed by atoms with Gasteiger partial charge in [-0.3, -0.25) is 9.10 Å². The van der Waals surface area contributed by atoms with Crippen LogP contribution in [0.2, 0.25) is 0 Å². The number of nitrogens with one attached hydrogen (secondary N) is 1. The maximum absolute atomic E-state index is 13.3. The van der Waals surface area contributed by atoms with Crippen LogP contribution in [-0.2, 0) is 16.4 Å². The molecule has 4 rings (SSSR count). The van der Waals surface area contributed by atoms with Gasteiger partial charge in [0.2, 0.25) is 0 Å². The smallest absolute Gasteiger partial charge is 0.268 e. The standard InChI is InChI=1S/C18H16N2O3S/c1-12-2-3-13-7-9-20(16(13)10-12)24(22,23)18-15-6-8-19-11-14(15)4-5-17(18)21/h2-6,8,10-11,19H,7,9H2,1H3. The van der Waals surface area contributed by atoms with Crippen LogP contribution in [0.25, 0.3) is 11.1 Å². The van der Waals surface area contributed by atoms with Gasteiger partial charge in [-0.15, -0.1) is 0 Å². The molecule has 0 fully saturated rings. The Morgan fingerprint density at radius 3 is 2.79 bits per heavy atom. The fourth-order valence-electron chi connectivity index (χ4n) is 3.25. The molecule has 0 amide bonds. The molecule has 0 saturated heterocycles. The molecule has 0 spiro atoms. The van der Waals surface area contributed by atoms with Gasteiger partial charge in [-0.1, -0.05) is 12.1 Å². The van der Waals surface area contributed by atoms with E-state index < -0.39 is 15.5 Å². The van der Waals surface area contributed by atoms with E-state index in [4.69, 9.17) is 0 Å². The molecule has 0 atom stereocenters. The van der Waals surface area contributed by atoms with Crippen molar-refractivity contribution in [3.05, 3.63) is 70.1 Å². The molecule has 0 saturated carbocycles. The fourth-order valence-corrected chi connectivity index (χ4v) is 5.01. The van der Waals surface area contributed by atoms with Crippen molar-refractivity contribution in [1.82, 2.24) is 4.98 Å². The van der Waals surface area contributed by atoms with Gasteiger partial charge in [0, 0.05) is 24.5 Å². The summed E-state index contributed by atoms with van der Waals surface area (Å²) in [7, 11) is -3.92. The Labute approximate surface area is 140 Å². The number of aromatic amines is 1. The molecule has 1 aromatic rings. The molecule has 3 aliphatic rings. The van der Waals surface area contributed by atoms with Crippen LogP contribution in [0.3, 0.4) is 0 Å². The summed E-state index contributed by atoms with van der Waals surface area (Å²) in [4.78, 5) is 15.2. The molecule has 6 heteroatoms. The van der Waals surface area contributed by atoms with E-state index in [1.54, 1.807) is 24.5 Å². The van der Waals surface area contributed by atoms with Gasteiger partial charge in [0.15, 0.2) is 5.43 Å². The number of aryl methyl sites for hydroxylation is 1. The second kappa shape index (κ2) is 5.21. The summed E-state index contributed by atoms with van der Waals surface area (Å²) < 4.78 is 27.9. The lowest BCUT2D eigenvalue weighted by molar-refractivity contribution is 0.592. The van der Waals surface area contributed by atoms with Crippen LogP contribution in [0.5, 0.6) is 0 Å². The summed E-state index contributed by atoms with van der Waals surface area (Å²) in [5.74, 6) is 0. The van der Waals surface area contributed by atoms with Crippen molar-refractivity contribution in [3.8, 4) is 11.1 Å². The predicted molar refractivity (Wildman–Crippen MR) is 93.1 cm³/mol. The van der Waals surface area contributed by atoms with Crippen molar-refractivity contribution < 1.29 is 8.42 Å². The van der Waals surface area contributed by atoms with Gasteiger partial charge in [-0.25, -0.2) is 8.42 Å². The predicted octanol–water partition coefficient (Wildman–Crippen LogP) is 2.54. The minimum Gasteiger partial charge on any atom is -0.367 e. The second-order valence-electron chi connectivity index (χ2n) is 6.00. The molecule has 2 heterocycles. The van der Waals surface area contributed by atoms with E-state index in [-0.39, 0.29) is 4.90 Å². The quantitative estimate of drug-likeness (QED) is 0.779. The van der Waals surface area contributed by atoms with Gasteiger partial charge in [-0.05, 0) is 54.3 Å². The van der Waals surface area contributed by atoms with Crippen LogP contribution in [0, 0.1) is 6.92 Å². The van der Waals surface area contributed by atoms with Crippen molar-refractivity contribution in [3.63, 3.8) is 0 Å². The van der Waals surface area contributed by atoms with E-state index >= 15 is 0 Å². The molecule has 0 radical (unpaired) electrons. The number of hydrogen-bond acceptors (Lipinski definition) is 3. The van der Waals surface area contributed by atoms with Crippen LogP contribution in [0.15, 0.2) is 58.5 Å². The van der Waals surface area contributed by atoms with Crippen molar-refractivity contribution in [2.45, 2.75) is 18.2 Å². The van der Waals surface area contributed by atoms with Crippen LogP contribution < -0.4 is 9.73 Å². The van der Waals surface area contributed by atoms with Crippen LogP contribution in [0.1, 0.15) is 11.1 Å². The van der Waals surface area contributed by atoms with Gasteiger partial charge in [-0.2, -0.15) is 0 Å². The summed E-state index contributed by atoms with van der Waals surface area (Å²) in [6, 6.07) is 10.4. The number of fused-ring (bicyclic) bond motifs is 2. The number of aromatic nitrogens is 1. The first-order valence-electron chi connectivity index (χ1n) is 7.70. The maximum Gasteiger partial charge on any atom is 0.268 e. The Morgan fingerprint density at radius 1 is 1.12 bits per heavy atom. The number of sulfonamides is 1. The summed E-state index contributed by atoms with van der Waals surface area (Å²) in [5.41, 5.74) is 3.32. The van der Waals surface area contributed by atoms with Crippen molar-refractivity contribution in [1.29, 1.82) is 0 Å². The normalized spacial score (nSPS) is 14.1. The SMILES string of the molecule is Cc1ccc2c(c1)N(S(=O)(=O)c1c3cc[nH]cc-3ccc1=O)CC2. The highest BCUT2D eigenvalue weighted by Gasteiger charge is 2.34. The molecular weight excluding hydrogens is 324 g/mol. The molecule has 122 valence electrons. The molecule has 5 nitrogen and oxygen atoms in total. The lowest BCUT2D eigenvalue weighted by Gasteiger charge is -2.21.